The van der Waals surface area contributed by atoms with Gasteiger partial charge in [0.15, 0.2) is 11.5 Å². The second kappa shape index (κ2) is 8.39. The van der Waals surface area contributed by atoms with Crippen molar-refractivity contribution >= 4 is 28.9 Å². The highest BCUT2D eigenvalue weighted by Crippen LogP contribution is 2.41. The number of hydrogen-bond donors (Lipinski definition) is 0. The van der Waals surface area contributed by atoms with E-state index in [0.717, 1.165) is 32.5 Å². The van der Waals surface area contributed by atoms with E-state index in [2.05, 4.69) is 28.4 Å². The minimum absolute atomic E-state index is 0.0515. The van der Waals surface area contributed by atoms with Crippen LogP contribution in [0.3, 0.4) is 0 Å². The molecule has 0 radical (unpaired) electrons. The molecule has 2 amide bonds. The number of methoxy groups -OCH3 is 2. The predicted molar refractivity (Wildman–Crippen MR) is 118 cm³/mol. The SMILES string of the molecule is CCN(CC)C(=O)N1Cc2ccc(-c3cnnc4cc(OC)c(OC)cc34)cc2S1. The number of rotatable bonds is 5. The molecule has 0 aliphatic carbocycles. The predicted octanol–water partition coefficient (Wildman–Crippen LogP) is 4.60. The third kappa shape index (κ3) is 3.52. The first-order valence-corrected chi connectivity index (χ1v) is 10.6. The average molecular weight is 425 g/mol. The molecular weight excluding hydrogens is 400 g/mol. The molecule has 0 fully saturated rings. The van der Waals surface area contributed by atoms with Gasteiger partial charge in [0.25, 0.3) is 0 Å². The van der Waals surface area contributed by atoms with Gasteiger partial charge < -0.3 is 14.4 Å². The summed E-state index contributed by atoms with van der Waals surface area (Å²) in [6.45, 7) is 6.01. The summed E-state index contributed by atoms with van der Waals surface area (Å²) in [4.78, 5) is 15.6. The summed E-state index contributed by atoms with van der Waals surface area (Å²) < 4.78 is 12.7. The van der Waals surface area contributed by atoms with Gasteiger partial charge in [-0.15, -0.1) is 0 Å². The molecule has 1 aliphatic heterocycles. The molecule has 30 heavy (non-hydrogen) atoms. The summed E-state index contributed by atoms with van der Waals surface area (Å²) in [5.41, 5.74) is 3.86. The van der Waals surface area contributed by atoms with E-state index in [1.54, 1.807) is 20.4 Å². The zero-order valence-electron chi connectivity index (χ0n) is 17.5. The van der Waals surface area contributed by atoms with E-state index in [1.165, 1.54) is 11.9 Å². The molecule has 1 aliphatic rings. The number of hydrogen-bond acceptors (Lipinski definition) is 6. The highest BCUT2D eigenvalue weighted by molar-refractivity contribution is 7.97. The summed E-state index contributed by atoms with van der Waals surface area (Å²) in [5.74, 6) is 1.26. The van der Waals surface area contributed by atoms with E-state index in [4.69, 9.17) is 9.47 Å². The van der Waals surface area contributed by atoms with Crippen LogP contribution in [0.1, 0.15) is 19.4 Å². The van der Waals surface area contributed by atoms with Crippen molar-refractivity contribution in [3.05, 3.63) is 42.1 Å². The largest absolute Gasteiger partial charge is 0.493 e. The number of carbonyl (C=O) groups is 1. The van der Waals surface area contributed by atoms with Gasteiger partial charge in [-0.1, -0.05) is 12.1 Å². The second-order valence-corrected chi connectivity index (χ2v) is 7.95. The van der Waals surface area contributed by atoms with Crippen LogP contribution in [0.25, 0.3) is 22.0 Å². The summed E-state index contributed by atoms with van der Waals surface area (Å²) in [5, 5.41) is 9.36. The number of amides is 2. The minimum Gasteiger partial charge on any atom is -0.493 e. The number of aromatic nitrogens is 2. The first-order valence-electron chi connectivity index (χ1n) is 9.84. The van der Waals surface area contributed by atoms with E-state index in [1.807, 2.05) is 35.2 Å². The molecule has 7 nitrogen and oxygen atoms in total. The Morgan fingerprint density at radius 3 is 2.57 bits per heavy atom. The summed E-state index contributed by atoms with van der Waals surface area (Å²) in [6.07, 6.45) is 1.76. The van der Waals surface area contributed by atoms with Crippen molar-refractivity contribution in [1.29, 1.82) is 0 Å². The van der Waals surface area contributed by atoms with Crippen molar-refractivity contribution in [1.82, 2.24) is 19.4 Å². The fraction of sp³-hybridized carbons (Fsp3) is 0.318. The highest BCUT2D eigenvalue weighted by Gasteiger charge is 2.27. The Morgan fingerprint density at radius 1 is 1.13 bits per heavy atom. The number of carbonyl (C=O) groups excluding carboxylic acids is 1. The molecule has 3 aromatic rings. The minimum atomic E-state index is 0.0515. The van der Waals surface area contributed by atoms with Crippen LogP contribution in [0.2, 0.25) is 0 Å². The molecule has 0 atom stereocenters. The standard InChI is InChI=1S/C22H24N4O3S/c1-5-25(6-2)22(27)26-13-15-8-7-14(9-21(15)30-26)17-12-23-24-18-11-20(29-4)19(28-3)10-16(17)18/h7-12H,5-6,13H2,1-4H3. The van der Waals surface area contributed by atoms with Gasteiger partial charge in [0, 0.05) is 35.0 Å². The molecule has 0 N–H and O–H groups in total. The number of fused-ring (bicyclic) bond motifs is 2. The number of nitrogens with zero attached hydrogens (tertiary/aromatic N) is 4. The molecule has 156 valence electrons. The zero-order chi connectivity index (χ0) is 21.3. The fourth-order valence-electron chi connectivity index (χ4n) is 3.62. The summed E-state index contributed by atoms with van der Waals surface area (Å²) >= 11 is 1.49. The Balaban J connectivity index is 1.70. The van der Waals surface area contributed by atoms with Crippen molar-refractivity contribution in [3.8, 4) is 22.6 Å². The van der Waals surface area contributed by atoms with E-state index in [9.17, 15) is 4.79 Å². The lowest BCUT2D eigenvalue weighted by molar-refractivity contribution is 0.185. The fourth-order valence-corrected chi connectivity index (χ4v) is 4.68. The van der Waals surface area contributed by atoms with Crippen molar-refractivity contribution in [2.24, 2.45) is 0 Å². The van der Waals surface area contributed by atoms with Crippen LogP contribution in [0.15, 0.2) is 41.4 Å². The van der Waals surface area contributed by atoms with Gasteiger partial charge in [0.2, 0.25) is 0 Å². The lowest BCUT2D eigenvalue weighted by Crippen LogP contribution is -2.37. The Bertz CT molecular complexity index is 1100. The van der Waals surface area contributed by atoms with Gasteiger partial charge in [-0.25, -0.2) is 4.79 Å². The number of urea groups is 1. The van der Waals surface area contributed by atoms with Crippen molar-refractivity contribution in [2.75, 3.05) is 27.3 Å². The van der Waals surface area contributed by atoms with E-state index < -0.39 is 0 Å². The molecule has 0 spiro atoms. The molecular formula is C22H24N4O3S. The lowest BCUT2D eigenvalue weighted by Gasteiger charge is -2.24. The zero-order valence-corrected chi connectivity index (χ0v) is 18.3. The van der Waals surface area contributed by atoms with Crippen LogP contribution < -0.4 is 9.47 Å². The molecule has 2 aromatic carbocycles. The maximum Gasteiger partial charge on any atom is 0.330 e. The van der Waals surface area contributed by atoms with Crippen LogP contribution in [0.4, 0.5) is 4.79 Å². The molecule has 0 unspecified atom stereocenters. The average Bonchev–Trinajstić information content (AvgIpc) is 3.21. The Morgan fingerprint density at radius 2 is 1.87 bits per heavy atom. The first-order chi connectivity index (χ1) is 14.6. The summed E-state index contributed by atoms with van der Waals surface area (Å²) in [7, 11) is 3.22. The van der Waals surface area contributed by atoms with Gasteiger partial charge in [-0.05, 0) is 49.1 Å². The number of ether oxygens (including phenoxy) is 2. The number of benzene rings is 2. The van der Waals surface area contributed by atoms with Gasteiger partial charge >= 0.3 is 6.03 Å². The van der Waals surface area contributed by atoms with Gasteiger partial charge in [-0.3, -0.25) is 4.31 Å². The van der Waals surface area contributed by atoms with Crippen LogP contribution in [0.5, 0.6) is 11.5 Å². The Kier molecular flexibility index (Phi) is 5.67. The van der Waals surface area contributed by atoms with Crippen LogP contribution >= 0.6 is 11.9 Å². The smallest absolute Gasteiger partial charge is 0.330 e. The summed E-state index contributed by atoms with van der Waals surface area (Å²) in [6, 6.07) is 10.1. The Hall–Kier alpha value is -3.00. The molecule has 0 saturated carbocycles. The maximum absolute atomic E-state index is 12.7. The maximum atomic E-state index is 12.7. The van der Waals surface area contributed by atoms with E-state index >= 15 is 0 Å². The molecule has 1 aromatic heterocycles. The van der Waals surface area contributed by atoms with Gasteiger partial charge in [-0.2, -0.15) is 10.2 Å². The van der Waals surface area contributed by atoms with Crippen LogP contribution in [-0.2, 0) is 6.54 Å². The first kappa shape index (κ1) is 20.3. The van der Waals surface area contributed by atoms with Crippen LogP contribution in [0, 0.1) is 0 Å². The Labute approximate surface area is 180 Å². The molecule has 4 rings (SSSR count). The lowest BCUT2D eigenvalue weighted by atomic mass is 10.0. The normalized spacial score (nSPS) is 12.7. The molecule has 2 heterocycles. The van der Waals surface area contributed by atoms with E-state index in [0.29, 0.717) is 31.1 Å². The van der Waals surface area contributed by atoms with Gasteiger partial charge in [0.05, 0.1) is 32.5 Å². The quantitative estimate of drug-likeness (QED) is 0.558. The van der Waals surface area contributed by atoms with Crippen molar-refractivity contribution < 1.29 is 14.3 Å². The molecule has 8 heteroatoms. The highest BCUT2D eigenvalue weighted by atomic mass is 32.2. The molecule has 0 bridgehead atoms. The van der Waals surface area contributed by atoms with Crippen LogP contribution in [-0.4, -0.2) is 52.7 Å². The second-order valence-electron chi connectivity index (χ2n) is 6.89. The van der Waals surface area contributed by atoms with Crippen molar-refractivity contribution in [2.45, 2.75) is 25.3 Å². The van der Waals surface area contributed by atoms with E-state index in [-0.39, 0.29) is 6.03 Å². The third-order valence-electron chi connectivity index (χ3n) is 5.29. The topological polar surface area (TPSA) is 67.8 Å². The van der Waals surface area contributed by atoms with Gasteiger partial charge in [0.1, 0.15) is 0 Å². The molecule has 0 saturated heterocycles. The van der Waals surface area contributed by atoms with Crippen molar-refractivity contribution in [3.63, 3.8) is 0 Å². The third-order valence-corrected chi connectivity index (χ3v) is 6.37. The monoisotopic (exact) mass is 424 g/mol.